The molecule has 154 valence electrons. The van der Waals surface area contributed by atoms with Crippen LogP contribution in [-0.2, 0) is 17.8 Å². The first-order chi connectivity index (χ1) is 13.9. The van der Waals surface area contributed by atoms with Crippen LogP contribution in [0.2, 0.25) is 0 Å². The van der Waals surface area contributed by atoms with E-state index in [2.05, 4.69) is 20.5 Å². The largest absolute Gasteiger partial charge is 0.339 e. The van der Waals surface area contributed by atoms with Crippen LogP contribution in [0.4, 0.5) is 0 Å². The van der Waals surface area contributed by atoms with Gasteiger partial charge in [0.2, 0.25) is 11.8 Å². The Labute approximate surface area is 170 Å². The normalized spacial score (nSPS) is 22.3. The van der Waals surface area contributed by atoms with Crippen LogP contribution in [0.25, 0.3) is 0 Å². The highest BCUT2D eigenvalue weighted by Gasteiger charge is 2.50. The molecular weight excluding hydrogens is 370 g/mol. The number of aromatic nitrogens is 2. The molecule has 2 saturated heterocycles. The topological polar surface area (TPSA) is 91.6 Å². The van der Waals surface area contributed by atoms with Gasteiger partial charge in [-0.15, -0.1) is 0 Å². The van der Waals surface area contributed by atoms with Crippen LogP contribution in [0.5, 0.6) is 0 Å². The van der Waals surface area contributed by atoms with Gasteiger partial charge in [0.15, 0.2) is 5.82 Å². The molecule has 3 heterocycles. The summed E-state index contributed by atoms with van der Waals surface area (Å²) in [6.07, 6.45) is 2.69. The number of amides is 2. The smallest absolute Gasteiger partial charge is 0.272 e. The Morgan fingerprint density at radius 3 is 2.72 bits per heavy atom. The maximum absolute atomic E-state index is 13.3. The summed E-state index contributed by atoms with van der Waals surface area (Å²) in [5, 5.41) is 5.61. The average molecular weight is 397 g/mol. The van der Waals surface area contributed by atoms with E-state index in [1.807, 2.05) is 39.0 Å². The zero-order valence-electron chi connectivity index (χ0n) is 17.2. The predicted molar refractivity (Wildman–Crippen MR) is 106 cm³/mol. The Balaban J connectivity index is 1.56. The predicted octanol–water partition coefficient (Wildman–Crippen LogP) is 2.16. The fourth-order valence-corrected chi connectivity index (χ4v) is 4.52. The Morgan fingerprint density at radius 1 is 1.28 bits per heavy atom. The zero-order chi connectivity index (χ0) is 20.6. The third-order valence-electron chi connectivity index (χ3n) is 5.68. The maximum atomic E-state index is 13.3. The van der Waals surface area contributed by atoms with E-state index in [1.165, 1.54) is 0 Å². The number of nitrogens with one attached hydrogen (secondary N) is 1. The first-order valence-electron chi connectivity index (χ1n) is 10.1. The first kappa shape index (κ1) is 19.6. The molecule has 1 aromatic heterocycles. The van der Waals surface area contributed by atoms with Gasteiger partial charge < -0.3 is 4.52 Å². The van der Waals surface area contributed by atoms with Crippen molar-refractivity contribution in [2.24, 2.45) is 0 Å². The van der Waals surface area contributed by atoms with Gasteiger partial charge in [0, 0.05) is 18.5 Å². The molecule has 2 aliphatic heterocycles. The fraction of sp³-hybridized carbons (Fsp3) is 0.524. The summed E-state index contributed by atoms with van der Waals surface area (Å²) in [7, 11) is 0. The van der Waals surface area contributed by atoms with Gasteiger partial charge in [-0.3, -0.25) is 19.9 Å². The van der Waals surface area contributed by atoms with Crippen molar-refractivity contribution in [2.75, 3.05) is 13.1 Å². The van der Waals surface area contributed by atoms with Crippen LogP contribution >= 0.6 is 0 Å². The standard InChI is InChI=1S/C21H27N5O3/c1-4-19-22-17(24-29-19)12-25-7-5-6-21(13-25)11-18(27)23-26(21)20(28)16-9-14(2)8-15(3)10-16/h8-10H,4-7,11-13H2,1-3H3,(H,23,27). The van der Waals surface area contributed by atoms with Crippen molar-refractivity contribution in [2.45, 2.75) is 58.5 Å². The molecule has 8 heteroatoms. The summed E-state index contributed by atoms with van der Waals surface area (Å²) in [5.41, 5.74) is 4.93. The van der Waals surface area contributed by atoms with Crippen molar-refractivity contribution in [3.63, 3.8) is 0 Å². The summed E-state index contributed by atoms with van der Waals surface area (Å²) < 4.78 is 5.21. The van der Waals surface area contributed by atoms with E-state index in [9.17, 15) is 9.59 Å². The lowest BCUT2D eigenvalue weighted by molar-refractivity contribution is -0.120. The van der Waals surface area contributed by atoms with Crippen LogP contribution < -0.4 is 5.43 Å². The first-order valence-corrected chi connectivity index (χ1v) is 10.1. The minimum atomic E-state index is -0.554. The molecular formula is C21H27N5O3. The van der Waals surface area contributed by atoms with Crippen molar-refractivity contribution < 1.29 is 14.1 Å². The Morgan fingerprint density at radius 2 is 2.03 bits per heavy atom. The van der Waals surface area contributed by atoms with Gasteiger partial charge in [0.05, 0.1) is 18.5 Å². The lowest BCUT2D eigenvalue weighted by atomic mass is 9.85. The maximum Gasteiger partial charge on any atom is 0.272 e. The molecule has 0 aliphatic carbocycles. The summed E-state index contributed by atoms with van der Waals surface area (Å²) >= 11 is 0. The van der Waals surface area contributed by atoms with Crippen LogP contribution in [-0.4, -0.2) is 50.5 Å². The highest BCUT2D eigenvalue weighted by molar-refractivity contribution is 5.98. The molecule has 1 spiro atoms. The number of benzene rings is 1. The SMILES string of the molecule is CCc1nc(CN2CCCC3(CC(=O)NN3C(=O)c3cc(C)cc(C)c3)C2)no1. The monoisotopic (exact) mass is 397 g/mol. The molecule has 29 heavy (non-hydrogen) atoms. The molecule has 2 amide bonds. The van der Waals surface area contributed by atoms with E-state index in [0.717, 1.165) is 30.5 Å². The summed E-state index contributed by atoms with van der Waals surface area (Å²) in [6.45, 7) is 7.93. The molecule has 0 radical (unpaired) electrons. The Hall–Kier alpha value is -2.74. The number of aryl methyl sites for hydroxylation is 3. The molecule has 1 aromatic carbocycles. The van der Waals surface area contributed by atoms with Crippen molar-refractivity contribution in [1.29, 1.82) is 0 Å². The van der Waals surface area contributed by atoms with Crippen molar-refractivity contribution in [3.8, 4) is 0 Å². The second-order valence-electron chi connectivity index (χ2n) is 8.23. The third-order valence-corrected chi connectivity index (χ3v) is 5.68. The zero-order valence-corrected chi connectivity index (χ0v) is 17.2. The van der Waals surface area contributed by atoms with Crippen LogP contribution in [0.15, 0.2) is 22.7 Å². The van der Waals surface area contributed by atoms with Gasteiger partial charge in [-0.25, -0.2) is 5.01 Å². The number of rotatable bonds is 4. The summed E-state index contributed by atoms with van der Waals surface area (Å²) in [6, 6.07) is 5.78. The van der Waals surface area contributed by atoms with E-state index in [1.54, 1.807) is 5.01 Å². The lowest BCUT2D eigenvalue weighted by Crippen LogP contribution is -2.59. The van der Waals surface area contributed by atoms with E-state index < -0.39 is 5.54 Å². The highest BCUT2D eigenvalue weighted by atomic mass is 16.5. The van der Waals surface area contributed by atoms with Gasteiger partial charge in [-0.1, -0.05) is 29.3 Å². The van der Waals surface area contributed by atoms with E-state index in [4.69, 9.17) is 4.52 Å². The van der Waals surface area contributed by atoms with Gasteiger partial charge in [0.25, 0.3) is 5.91 Å². The Kier molecular flexibility index (Phi) is 5.12. The number of hydrogen-bond acceptors (Lipinski definition) is 6. The third kappa shape index (κ3) is 3.89. The van der Waals surface area contributed by atoms with Crippen LogP contribution in [0, 0.1) is 13.8 Å². The van der Waals surface area contributed by atoms with Crippen LogP contribution in [0.1, 0.15) is 59.4 Å². The molecule has 8 nitrogen and oxygen atoms in total. The van der Waals surface area contributed by atoms with Crippen molar-refractivity contribution >= 4 is 11.8 Å². The number of hydrazine groups is 1. The number of carbonyl (C=O) groups excluding carboxylic acids is 2. The number of hydrogen-bond donors (Lipinski definition) is 1. The molecule has 1 N–H and O–H groups in total. The van der Waals surface area contributed by atoms with E-state index in [-0.39, 0.29) is 11.8 Å². The Bertz CT molecular complexity index is 920. The number of piperidine rings is 1. The molecule has 0 saturated carbocycles. The molecule has 1 atom stereocenters. The average Bonchev–Trinajstić information content (AvgIpc) is 3.24. The van der Waals surface area contributed by atoms with Gasteiger partial charge in [-0.2, -0.15) is 4.98 Å². The minimum absolute atomic E-state index is 0.114. The van der Waals surface area contributed by atoms with Gasteiger partial charge in [0.1, 0.15) is 0 Å². The van der Waals surface area contributed by atoms with Crippen molar-refractivity contribution in [3.05, 3.63) is 46.6 Å². The highest BCUT2D eigenvalue weighted by Crippen LogP contribution is 2.35. The summed E-state index contributed by atoms with van der Waals surface area (Å²) in [4.78, 5) is 32.3. The number of likely N-dealkylation sites (tertiary alicyclic amines) is 1. The second-order valence-corrected chi connectivity index (χ2v) is 8.23. The quantitative estimate of drug-likeness (QED) is 0.850. The van der Waals surface area contributed by atoms with Gasteiger partial charge in [-0.05, 0) is 45.4 Å². The van der Waals surface area contributed by atoms with Crippen LogP contribution in [0.3, 0.4) is 0 Å². The molecule has 2 aromatic rings. The number of carbonyl (C=O) groups is 2. The lowest BCUT2D eigenvalue weighted by Gasteiger charge is -2.44. The fourth-order valence-electron chi connectivity index (χ4n) is 4.52. The molecule has 1 unspecified atom stereocenters. The molecule has 4 rings (SSSR count). The minimum Gasteiger partial charge on any atom is -0.339 e. The number of nitrogens with zero attached hydrogens (tertiary/aromatic N) is 4. The molecule has 2 fully saturated rings. The van der Waals surface area contributed by atoms with Crippen molar-refractivity contribution in [1.82, 2.24) is 25.5 Å². The molecule has 2 aliphatic rings. The van der Waals surface area contributed by atoms with E-state index in [0.29, 0.717) is 43.2 Å². The summed E-state index contributed by atoms with van der Waals surface area (Å²) in [5.74, 6) is 0.995. The van der Waals surface area contributed by atoms with Gasteiger partial charge >= 0.3 is 0 Å². The van der Waals surface area contributed by atoms with E-state index >= 15 is 0 Å². The molecule has 0 bridgehead atoms. The second kappa shape index (κ2) is 7.59.